The molecule has 5 aromatic rings. The van der Waals surface area contributed by atoms with Crippen molar-refractivity contribution in [2.75, 3.05) is 13.1 Å². The number of rotatable bonds is 8. The topological polar surface area (TPSA) is 81.2 Å². The number of hydrogen-bond donors (Lipinski definition) is 3. The Morgan fingerprint density at radius 2 is 1.79 bits per heavy atom. The van der Waals surface area contributed by atoms with E-state index in [1.807, 2.05) is 0 Å². The lowest BCUT2D eigenvalue weighted by Gasteiger charge is -2.08. The third kappa shape index (κ3) is 5.11. The molecule has 0 spiro atoms. The summed E-state index contributed by atoms with van der Waals surface area (Å²) in [5.41, 5.74) is 9.90. The largest absolute Gasteiger partial charge is 0.366 e. The molecule has 39 heavy (non-hydrogen) atoms. The van der Waals surface area contributed by atoms with E-state index in [4.69, 9.17) is 9.98 Å². The molecule has 3 N–H and O–H groups in total. The second-order valence-electron chi connectivity index (χ2n) is 10.9. The van der Waals surface area contributed by atoms with Crippen LogP contribution in [0, 0.1) is 5.92 Å². The fourth-order valence-corrected chi connectivity index (χ4v) is 5.39. The Kier molecular flexibility index (Phi) is 6.77. The average Bonchev–Trinajstić information content (AvgIpc) is 3.69. The van der Waals surface area contributed by atoms with Gasteiger partial charge in [-0.15, -0.1) is 0 Å². The molecule has 6 rings (SSSR count). The smallest absolute Gasteiger partial charge is 0.138 e. The fraction of sp³-hybridized carbons (Fsp3) is 0.303. The van der Waals surface area contributed by atoms with Crippen molar-refractivity contribution in [1.29, 1.82) is 0 Å². The zero-order chi connectivity index (χ0) is 26.9. The Bertz CT molecular complexity index is 1680. The third-order valence-electron chi connectivity index (χ3n) is 7.65. The number of aromatic nitrogens is 3. The quantitative estimate of drug-likeness (QED) is 0.188. The first kappa shape index (κ1) is 25.1. The third-order valence-corrected chi connectivity index (χ3v) is 7.65. The van der Waals surface area contributed by atoms with Crippen LogP contribution in [0.15, 0.2) is 76.8 Å². The number of nitrogens with zero attached hydrogens (tertiary/aromatic N) is 3. The van der Waals surface area contributed by atoms with Gasteiger partial charge < -0.3 is 15.3 Å². The minimum Gasteiger partial charge on any atom is -0.366 e. The monoisotopic (exact) mass is 516 g/mol. The zero-order valence-corrected chi connectivity index (χ0v) is 23.2. The molecule has 3 aromatic carbocycles. The lowest BCUT2D eigenvalue weighted by molar-refractivity contribution is 0.537. The Morgan fingerprint density at radius 3 is 2.56 bits per heavy atom. The van der Waals surface area contributed by atoms with Gasteiger partial charge in [0.05, 0.1) is 17.6 Å². The summed E-state index contributed by atoms with van der Waals surface area (Å²) in [6, 6.07) is 21.9. The molecule has 0 radical (unpaired) electrons. The van der Waals surface area contributed by atoms with Crippen molar-refractivity contribution in [3.05, 3.63) is 78.0 Å². The van der Waals surface area contributed by atoms with Crippen molar-refractivity contribution < 1.29 is 0 Å². The number of nitrogens with one attached hydrogen (secondary N) is 3. The van der Waals surface area contributed by atoms with Crippen LogP contribution in [-0.2, 0) is 0 Å². The van der Waals surface area contributed by atoms with Gasteiger partial charge in [0.1, 0.15) is 11.7 Å². The van der Waals surface area contributed by atoms with Gasteiger partial charge in [0.25, 0.3) is 0 Å². The molecular formula is C33H36N6. The molecule has 6 heteroatoms. The number of fused-ring (bicyclic) bond motifs is 2. The molecule has 0 saturated carbocycles. The Balaban J connectivity index is 1.22. The molecule has 198 valence electrons. The van der Waals surface area contributed by atoms with E-state index < -0.39 is 0 Å². The van der Waals surface area contributed by atoms with Crippen LogP contribution >= 0.6 is 0 Å². The van der Waals surface area contributed by atoms with Crippen molar-refractivity contribution in [3.8, 4) is 22.5 Å². The van der Waals surface area contributed by atoms with Gasteiger partial charge in [-0.3, -0.25) is 9.98 Å². The number of H-pyrrole nitrogens is 2. The first-order valence-electron chi connectivity index (χ1n) is 14.0. The highest BCUT2D eigenvalue weighted by Crippen LogP contribution is 2.31. The minimum absolute atomic E-state index is 0.382. The molecule has 1 aliphatic heterocycles. The molecule has 2 unspecified atom stereocenters. The fourth-order valence-electron chi connectivity index (χ4n) is 5.39. The van der Waals surface area contributed by atoms with Crippen LogP contribution in [0.25, 0.3) is 44.5 Å². The Labute approximate surface area is 229 Å². The first-order valence-corrected chi connectivity index (χ1v) is 14.0. The second kappa shape index (κ2) is 10.5. The summed E-state index contributed by atoms with van der Waals surface area (Å²) < 4.78 is 0. The lowest BCUT2D eigenvalue weighted by Crippen LogP contribution is -2.27. The molecule has 0 aliphatic carbocycles. The molecule has 1 aliphatic rings. The molecule has 0 amide bonds. The van der Waals surface area contributed by atoms with E-state index in [0.29, 0.717) is 12.0 Å². The number of amidine groups is 1. The predicted octanol–water partition coefficient (Wildman–Crippen LogP) is 7.36. The van der Waals surface area contributed by atoms with E-state index in [-0.39, 0.29) is 0 Å². The normalized spacial score (nSPS) is 16.6. The lowest BCUT2D eigenvalue weighted by atomic mass is 10.0. The van der Waals surface area contributed by atoms with Crippen LogP contribution < -0.4 is 5.32 Å². The standard InChI is InChI=1S/C33H36N6/c1-5-6-20(2)17-34-22(4)25-11-13-27-28(19-35-30(27)15-25)23-7-9-24(10-8-23)33-38-29-14-12-26(16-31(29)39-33)32-36-18-21(3)37-32/h7-16,19-21,35H,5-6,17-18H2,1-4H3,(H,36,37)(H,38,39). The van der Waals surface area contributed by atoms with Gasteiger partial charge in [0.2, 0.25) is 0 Å². The summed E-state index contributed by atoms with van der Waals surface area (Å²) in [6.45, 7) is 10.5. The van der Waals surface area contributed by atoms with Crippen LogP contribution in [0.2, 0.25) is 0 Å². The van der Waals surface area contributed by atoms with Crippen molar-refractivity contribution >= 4 is 33.5 Å². The van der Waals surface area contributed by atoms with E-state index in [9.17, 15) is 0 Å². The van der Waals surface area contributed by atoms with Gasteiger partial charge in [0, 0.05) is 52.1 Å². The van der Waals surface area contributed by atoms with Crippen molar-refractivity contribution in [2.45, 2.75) is 46.6 Å². The highest BCUT2D eigenvalue weighted by atomic mass is 15.1. The number of hydrogen-bond acceptors (Lipinski definition) is 4. The molecule has 3 heterocycles. The number of aromatic amines is 2. The van der Waals surface area contributed by atoms with Crippen LogP contribution in [0.5, 0.6) is 0 Å². The molecular weight excluding hydrogens is 480 g/mol. The Hall–Kier alpha value is -4.19. The van der Waals surface area contributed by atoms with E-state index >= 15 is 0 Å². The predicted molar refractivity (Wildman–Crippen MR) is 164 cm³/mol. The van der Waals surface area contributed by atoms with Crippen molar-refractivity contribution in [2.24, 2.45) is 15.9 Å². The molecule has 0 fully saturated rings. The summed E-state index contributed by atoms with van der Waals surface area (Å²) in [6.07, 6.45) is 4.53. The SMILES string of the molecule is CCCC(C)CN=C(C)c1ccc2c(-c3ccc(-c4nc5ccc(C6=NCC(C)N6)cc5[nH]4)cc3)c[nH]c2c1. The van der Waals surface area contributed by atoms with Gasteiger partial charge >= 0.3 is 0 Å². The number of benzene rings is 3. The van der Waals surface area contributed by atoms with Crippen LogP contribution in [0.3, 0.4) is 0 Å². The molecule has 2 atom stereocenters. The maximum atomic E-state index is 4.85. The second-order valence-corrected chi connectivity index (χ2v) is 10.9. The van der Waals surface area contributed by atoms with Gasteiger partial charge in [-0.25, -0.2) is 4.98 Å². The van der Waals surface area contributed by atoms with E-state index in [1.54, 1.807) is 0 Å². The van der Waals surface area contributed by atoms with Gasteiger partial charge in [0.15, 0.2) is 0 Å². The summed E-state index contributed by atoms with van der Waals surface area (Å²) in [5, 5.41) is 4.65. The summed E-state index contributed by atoms with van der Waals surface area (Å²) in [4.78, 5) is 21.3. The minimum atomic E-state index is 0.382. The summed E-state index contributed by atoms with van der Waals surface area (Å²) in [7, 11) is 0. The van der Waals surface area contributed by atoms with Gasteiger partial charge in [-0.2, -0.15) is 0 Å². The maximum absolute atomic E-state index is 4.85. The zero-order valence-electron chi connectivity index (χ0n) is 23.2. The molecule has 2 aromatic heterocycles. The van der Waals surface area contributed by atoms with E-state index in [2.05, 4.69) is 115 Å². The van der Waals surface area contributed by atoms with E-state index in [0.717, 1.165) is 58.1 Å². The summed E-state index contributed by atoms with van der Waals surface area (Å²) >= 11 is 0. The van der Waals surface area contributed by atoms with E-state index in [1.165, 1.54) is 34.9 Å². The number of aliphatic imine (C=N–C) groups is 2. The Morgan fingerprint density at radius 1 is 1.00 bits per heavy atom. The summed E-state index contributed by atoms with van der Waals surface area (Å²) in [5.74, 6) is 2.45. The van der Waals surface area contributed by atoms with Crippen LogP contribution in [0.4, 0.5) is 0 Å². The van der Waals surface area contributed by atoms with Crippen molar-refractivity contribution in [1.82, 2.24) is 20.3 Å². The average molecular weight is 517 g/mol. The molecule has 0 bridgehead atoms. The molecule has 6 nitrogen and oxygen atoms in total. The van der Waals surface area contributed by atoms with Gasteiger partial charge in [-0.05, 0) is 61.6 Å². The van der Waals surface area contributed by atoms with Crippen molar-refractivity contribution in [3.63, 3.8) is 0 Å². The van der Waals surface area contributed by atoms with Gasteiger partial charge in [-0.1, -0.05) is 56.7 Å². The highest BCUT2D eigenvalue weighted by Gasteiger charge is 2.16. The van der Waals surface area contributed by atoms with Crippen LogP contribution in [-0.4, -0.2) is 45.6 Å². The maximum Gasteiger partial charge on any atom is 0.138 e. The first-order chi connectivity index (χ1) is 19.0. The van der Waals surface area contributed by atoms with Crippen LogP contribution in [0.1, 0.15) is 51.7 Å². The number of imidazole rings is 1. The molecule has 0 saturated heterocycles. The highest BCUT2D eigenvalue weighted by molar-refractivity contribution is 6.04.